The molecular weight excluding hydrogens is 332 g/mol. The lowest BCUT2D eigenvalue weighted by Crippen LogP contribution is -2.19. The van der Waals surface area contributed by atoms with Gasteiger partial charge >= 0.3 is 0 Å². The molecule has 112 valence electrons. The van der Waals surface area contributed by atoms with Crippen LogP contribution in [-0.2, 0) is 6.54 Å². The molecule has 1 heterocycles. The van der Waals surface area contributed by atoms with E-state index < -0.39 is 0 Å². The third-order valence-corrected chi connectivity index (χ3v) is 3.71. The highest BCUT2D eigenvalue weighted by Crippen LogP contribution is 2.29. The maximum Gasteiger partial charge on any atom is 0.123 e. The molecule has 0 spiro atoms. The molecule has 0 amide bonds. The molecule has 0 aliphatic rings. The van der Waals surface area contributed by atoms with E-state index >= 15 is 0 Å². The lowest BCUT2D eigenvalue weighted by molar-refractivity contribution is 0.391. The number of rotatable bonds is 6. The number of ether oxygens (including phenoxy) is 2. The Bertz CT molecular complexity index is 605. The molecule has 1 aromatic carbocycles. The molecule has 0 saturated heterocycles. The van der Waals surface area contributed by atoms with Gasteiger partial charge in [-0.05, 0) is 52.7 Å². The number of nitrogens with zero attached hydrogens (tertiary/aromatic N) is 1. The molecular formula is C16H19BrN2O2. The minimum Gasteiger partial charge on any atom is -0.497 e. The molecule has 2 aromatic rings. The van der Waals surface area contributed by atoms with Crippen molar-refractivity contribution in [3.63, 3.8) is 0 Å². The lowest BCUT2D eigenvalue weighted by atomic mass is 10.1. The highest BCUT2D eigenvalue weighted by atomic mass is 79.9. The molecule has 5 heteroatoms. The van der Waals surface area contributed by atoms with Crippen LogP contribution in [0.2, 0.25) is 0 Å². The summed E-state index contributed by atoms with van der Waals surface area (Å²) < 4.78 is 11.7. The summed E-state index contributed by atoms with van der Waals surface area (Å²) in [6, 6.07) is 8.00. The number of aromatic nitrogens is 1. The first-order valence-electron chi connectivity index (χ1n) is 6.68. The van der Waals surface area contributed by atoms with Gasteiger partial charge in [0.15, 0.2) is 0 Å². The molecule has 1 aromatic heterocycles. The van der Waals surface area contributed by atoms with Crippen LogP contribution in [0.25, 0.3) is 0 Å². The van der Waals surface area contributed by atoms with Crippen molar-refractivity contribution in [2.75, 3.05) is 14.2 Å². The van der Waals surface area contributed by atoms with E-state index in [1.165, 1.54) is 0 Å². The van der Waals surface area contributed by atoms with Crippen LogP contribution in [0.4, 0.5) is 0 Å². The van der Waals surface area contributed by atoms with Crippen molar-refractivity contribution < 1.29 is 9.47 Å². The van der Waals surface area contributed by atoms with Crippen LogP contribution >= 0.6 is 15.9 Å². The Kier molecular flexibility index (Phi) is 5.59. The summed E-state index contributed by atoms with van der Waals surface area (Å²) in [7, 11) is 3.34. The van der Waals surface area contributed by atoms with Crippen LogP contribution < -0.4 is 14.8 Å². The van der Waals surface area contributed by atoms with Gasteiger partial charge in [-0.2, -0.15) is 0 Å². The van der Waals surface area contributed by atoms with Gasteiger partial charge in [0.05, 0.1) is 14.2 Å². The number of pyridine rings is 1. The number of halogens is 1. The van der Waals surface area contributed by atoms with Crippen molar-refractivity contribution >= 4 is 15.9 Å². The fraction of sp³-hybridized carbons (Fsp3) is 0.312. The summed E-state index contributed by atoms with van der Waals surface area (Å²) in [6.07, 6.45) is 3.63. The molecule has 0 aliphatic heterocycles. The average Bonchev–Trinajstić information content (AvgIpc) is 2.52. The second kappa shape index (κ2) is 7.43. The van der Waals surface area contributed by atoms with Crippen LogP contribution in [0.1, 0.15) is 24.1 Å². The monoisotopic (exact) mass is 350 g/mol. The number of hydrogen-bond acceptors (Lipinski definition) is 4. The first kappa shape index (κ1) is 15.8. The Labute approximate surface area is 133 Å². The Hall–Kier alpha value is -1.59. The second-order valence-electron chi connectivity index (χ2n) is 4.72. The summed E-state index contributed by atoms with van der Waals surface area (Å²) in [6.45, 7) is 2.83. The molecule has 1 atom stereocenters. The Balaban J connectivity index is 2.10. The van der Waals surface area contributed by atoms with Gasteiger partial charge in [-0.3, -0.25) is 4.98 Å². The van der Waals surface area contributed by atoms with E-state index in [9.17, 15) is 0 Å². The van der Waals surface area contributed by atoms with Gasteiger partial charge in [0.2, 0.25) is 0 Å². The zero-order chi connectivity index (χ0) is 15.2. The Morgan fingerprint density at radius 3 is 2.67 bits per heavy atom. The molecule has 0 radical (unpaired) electrons. The van der Waals surface area contributed by atoms with E-state index in [0.717, 1.165) is 33.6 Å². The fourth-order valence-corrected chi connectivity index (χ4v) is 2.52. The van der Waals surface area contributed by atoms with Crippen molar-refractivity contribution in [1.82, 2.24) is 10.3 Å². The van der Waals surface area contributed by atoms with E-state index in [4.69, 9.17) is 9.47 Å². The first-order chi connectivity index (χ1) is 10.1. The predicted molar refractivity (Wildman–Crippen MR) is 86.7 cm³/mol. The summed E-state index contributed by atoms with van der Waals surface area (Å²) in [4.78, 5) is 4.16. The second-order valence-corrected chi connectivity index (χ2v) is 5.64. The zero-order valence-electron chi connectivity index (χ0n) is 12.4. The summed E-state index contributed by atoms with van der Waals surface area (Å²) >= 11 is 3.43. The third-order valence-electron chi connectivity index (χ3n) is 3.28. The minimum atomic E-state index is 0.133. The fourth-order valence-electron chi connectivity index (χ4n) is 2.11. The molecule has 21 heavy (non-hydrogen) atoms. The summed E-state index contributed by atoms with van der Waals surface area (Å²) in [5, 5.41) is 3.47. The predicted octanol–water partition coefficient (Wildman–Crippen LogP) is 3.71. The highest BCUT2D eigenvalue weighted by molar-refractivity contribution is 9.10. The van der Waals surface area contributed by atoms with Crippen molar-refractivity contribution in [3.05, 3.63) is 52.3 Å². The molecule has 2 rings (SSSR count). The van der Waals surface area contributed by atoms with Crippen molar-refractivity contribution in [1.29, 1.82) is 0 Å². The number of benzene rings is 1. The first-order valence-corrected chi connectivity index (χ1v) is 7.48. The molecule has 1 unspecified atom stereocenters. The molecule has 0 bridgehead atoms. The summed E-state index contributed by atoms with van der Waals surface area (Å²) in [5.74, 6) is 1.67. The minimum absolute atomic E-state index is 0.133. The molecule has 0 saturated carbocycles. The van der Waals surface area contributed by atoms with Crippen LogP contribution in [0, 0.1) is 0 Å². The smallest absolute Gasteiger partial charge is 0.123 e. The third kappa shape index (κ3) is 4.19. The van der Waals surface area contributed by atoms with E-state index in [-0.39, 0.29) is 6.04 Å². The van der Waals surface area contributed by atoms with Crippen LogP contribution in [-0.4, -0.2) is 19.2 Å². The molecule has 4 nitrogen and oxygen atoms in total. The van der Waals surface area contributed by atoms with Crippen molar-refractivity contribution in [2.24, 2.45) is 0 Å². The number of hydrogen-bond donors (Lipinski definition) is 1. The van der Waals surface area contributed by atoms with E-state index in [0.29, 0.717) is 0 Å². The Morgan fingerprint density at radius 1 is 1.19 bits per heavy atom. The van der Waals surface area contributed by atoms with E-state index in [1.54, 1.807) is 20.4 Å². The van der Waals surface area contributed by atoms with Gasteiger partial charge in [-0.25, -0.2) is 0 Å². The van der Waals surface area contributed by atoms with Gasteiger partial charge in [-0.1, -0.05) is 0 Å². The maximum absolute atomic E-state index is 5.42. The van der Waals surface area contributed by atoms with E-state index in [1.807, 2.05) is 24.4 Å². The van der Waals surface area contributed by atoms with Gasteiger partial charge in [0.25, 0.3) is 0 Å². The normalized spacial score (nSPS) is 12.0. The average molecular weight is 351 g/mol. The largest absolute Gasteiger partial charge is 0.497 e. The molecule has 0 aliphatic carbocycles. The van der Waals surface area contributed by atoms with Gasteiger partial charge in [-0.15, -0.1) is 0 Å². The topological polar surface area (TPSA) is 43.4 Å². The number of nitrogens with one attached hydrogen (secondary N) is 1. The molecule has 1 N–H and O–H groups in total. The van der Waals surface area contributed by atoms with Crippen LogP contribution in [0.5, 0.6) is 11.5 Å². The summed E-state index contributed by atoms with van der Waals surface area (Å²) in [5.41, 5.74) is 2.19. The SMILES string of the molecule is COc1ccc(OC)c(C(C)NCc2cncc(Br)c2)c1. The quantitative estimate of drug-likeness (QED) is 0.862. The van der Waals surface area contributed by atoms with Gasteiger partial charge < -0.3 is 14.8 Å². The standard InChI is InChI=1S/C16H19BrN2O2/c1-11(19-9-12-6-13(17)10-18-8-12)15-7-14(20-2)4-5-16(15)21-3/h4-8,10-11,19H,9H2,1-3H3. The highest BCUT2D eigenvalue weighted by Gasteiger charge is 2.12. The Morgan fingerprint density at radius 2 is 2.00 bits per heavy atom. The zero-order valence-corrected chi connectivity index (χ0v) is 14.0. The maximum atomic E-state index is 5.42. The van der Waals surface area contributed by atoms with Gasteiger partial charge in [0.1, 0.15) is 11.5 Å². The van der Waals surface area contributed by atoms with Crippen LogP contribution in [0.3, 0.4) is 0 Å². The number of methoxy groups -OCH3 is 2. The van der Waals surface area contributed by atoms with Crippen molar-refractivity contribution in [3.8, 4) is 11.5 Å². The lowest BCUT2D eigenvalue weighted by Gasteiger charge is -2.18. The van der Waals surface area contributed by atoms with Crippen LogP contribution in [0.15, 0.2) is 41.1 Å². The van der Waals surface area contributed by atoms with Gasteiger partial charge in [0, 0.05) is 35.0 Å². The van der Waals surface area contributed by atoms with E-state index in [2.05, 4.69) is 39.2 Å². The molecule has 0 fully saturated rings. The van der Waals surface area contributed by atoms with Crippen molar-refractivity contribution in [2.45, 2.75) is 19.5 Å².